The van der Waals surface area contributed by atoms with Crippen molar-refractivity contribution < 1.29 is 19.1 Å². The molecule has 0 aromatic heterocycles. The van der Waals surface area contributed by atoms with E-state index >= 15 is 0 Å². The highest BCUT2D eigenvalue weighted by Crippen LogP contribution is 2.34. The molecule has 7 nitrogen and oxygen atoms in total. The van der Waals surface area contributed by atoms with Crippen molar-refractivity contribution in [3.63, 3.8) is 0 Å². The van der Waals surface area contributed by atoms with Crippen LogP contribution in [0.4, 0.5) is 11.4 Å². The Balaban J connectivity index is 2.07. The van der Waals surface area contributed by atoms with Gasteiger partial charge in [-0.05, 0) is 50.9 Å². The Morgan fingerprint density at radius 3 is 2.52 bits per heavy atom. The van der Waals surface area contributed by atoms with Gasteiger partial charge in [0, 0.05) is 18.3 Å². The first-order valence-corrected chi connectivity index (χ1v) is 9.51. The van der Waals surface area contributed by atoms with Crippen LogP contribution >= 0.6 is 0 Å². The second-order valence-electron chi connectivity index (χ2n) is 6.84. The molecule has 0 aliphatic carbocycles. The Labute approximate surface area is 160 Å². The number of nitrogens with one attached hydrogen (secondary N) is 2. The number of benzene rings is 1. The predicted octanol–water partition coefficient (Wildman–Crippen LogP) is 2.78. The summed E-state index contributed by atoms with van der Waals surface area (Å²) in [6.45, 7) is 6.42. The second-order valence-corrected chi connectivity index (χ2v) is 6.84. The molecule has 1 saturated heterocycles. The number of amides is 2. The smallest absolute Gasteiger partial charge is 0.326 e. The molecule has 1 atom stereocenters. The lowest BCUT2D eigenvalue weighted by atomic mass is 9.90. The monoisotopic (exact) mass is 375 g/mol. The van der Waals surface area contributed by atoms with Crippen molar-refractivity contribution in [2.45, 2.75) is 52.0 Å². The van der Waals surface area contributed by atoms with Crippen LogP contribution in [0.1, 0.15) is 46.5 Å². The highest BCUT2D eigenvalue weighted by molar-refractivity contribution is 5.95. The number of carbonyl (C=O) groups is 3. The quantitative estimate of drug-likeness (QED) is 0.682. The number of esters is 1. The van der Waals surface area contributed by atoms with Crippen molar-refractivity contribution in [1.82, 2.24) is 4.90 Å². The molecule has 0 spiro atoms. The second kappa shape index (κ2) is 9.50. The zero-order valence-corrected chi connectivity index (χ0v) is 16.3. The number of hydrogen-bond donors (Lipinski definition) is 2. The normalized spacial score (nSPS) is 19.5. The van der Waals surface area contributed by atoms with Gasteiger partial charge in [-0.3, -0.25) is 19.3 Å². The van der Waals surface area contributed by atoms with Crippen molar-refractivity contribution in [3.05, 3.63) is 24.3 Å². The van der Waals surface area contributed by atoms with Gasteiger partial charge in [-0.1, -0.05) is 19.4 Å². The molecular weight excluding hydrogens is 346 g/mol. The van der Waals surface area contributed by atoms with Gasteiger partial charge in [0.2, 0.25) is 11.8 Å². The molecule has 1 aliphatic rings. The fourth-order valence-electron chi connectivity index (χ4n) is 3.71. The molecule has 2 amide bonds. The number of rotatable bonds is 8. The van der Waals surface area contributed by atoms with E-state index in [1.165, 1.54) is 6.92 Å². The first-order valence-electron chi connectivity index (χ1n) is 9.51. The molecule has 1 fully saturated rings. The van der Waals surface area contributed by atoms with Crippen molar-refractivity contribution in [1.29, 1.82) is 0 Å². The van der Waals surface area contributed by atoms with E-state index in [2.05, 4.69) is 10.6 Å². The summed E-state index contributed by atoms with van der Waals surface area (Å²) in [7, 11) is 0. The molecule has 148 valence electrons. The molecule has 0 radical (unpaired) electrons. The van der Waals surface area contributed by atoms with Gasteiger partial charge in [0.05, 0.1) is 13.2 Å². The minimum absolute atomic E-state index is 0.128. The molecule has 1 aromatic carbocycles. The highest BCUT2D eigenvalue weighted by atomic mass is 16.5. The third kappa shape index (κ3) is 5.29. The van der Waals surface area contributed by atoms with E-state index in [1.807, 2.05) is 11.8 Å². The Bertz CT molecular complexity index is 692. The third-order valence-electron chi connectivity index (χ3n) is 4.74. The van der Waals surface area contributed by atoms with Gasteiger partial charge in [-0.2, -0.15) is 0 Å². The molecular formula is C20H29N3O4. The molecule has 2 rings (SSSR count). The predicted molar refractivity (Wildman–Crippen MR) is 104 cm³/mol. The lowest BCUT2D eigenvalue weighted by molar-refractivity contribution is -0.157. The fraction of sp³-hybridized carbons (Fsp3) is 0.550. The fourth-order valence-corrected chi connectivity index (χ4v) is 3.71. The van der Waals surface area contributed by atoms with E-state index in [0.29, 0.717) is 37.4 Å². The summed E-state index contributed by atoms with van der Waals surface area (Å²) in [5, 5.41) is 5.54. The van der Waals surface area contributed by atoms with E-state index in [-0.39, 0.29) is 24.3 Å². The number of ether oxygens (including phenoxy) is 1. The topological polar surface area (TPSA) is 87.7 Å². The van der Waals surface area contributed by atoms with Crippen LogP contribution in [-0.2, 0) is 19.1 Å². The van der Waals surface area contributed by atoms with Crippen LogP contribution in [0, 0.1) is 0 Å². The zero-order valence-electron chi connectivity index (χ0n) is 16.3. The van der Waals surface area contributed by atoms with Crippen molar-refractivity contribution in [2.24, 2.45) is 0 Å². The molecule has 1 heterocycles. The van der Waals surface area contributed by atoms with Gasteiger partial charge in [-0.25, -0.2) is 0 Å². The summed E-state index contributed by atoms with van der Waals surface area (Å²) in [6.07, 6.45) is 3.10. The maximum Gasteiger partial charge on any atom is 0.326 e. The number of likely N-dealkylation sites (tertiary alicyclic amines) is 1. The van der Waals surface area contributed by atoms with Gasteiger partial charge >= 0.3 is 5.97 Å². The SMILES string of the molecule is CCCC1(C(=O)OCC)CCCN1CC(=O)Nc1cccc(NC(C)=O)c1. The molecule has 1 unspecified atom stereocenters. The van der Waals surface area contributed by atoms with Crippen molar-refractivity contribution in [3.8, 4) is 0 Å². The average Bonchev–Trinajstić information content (AvgIpc) is 2.98. The molecule has 7 heteroatoms. The summed E-state index contributed by atoms with van der Waals surface area (Å²) in [5.41, 5.74) is 0.510. The maximum atomic E-state index is 12.6. The lowest BCUT2D eigenvalue weighted by Crippen LogP contribution is -2.53. The van der Waals surface area contributed by atoms with Crippen LogP contribution in [-0.4, -0.2) is 47.9 Å². The highest BCUT2D eigenvalue weighted by Gasteiger charge is 2.48. The molecule has 27 heavy (non-hydrogen) atoms. The summed E-state index contributed by atoms with van der Waals surface area (Å²) >= 11 is 0. The largest absolute Gasteiger partial charge is 0.465 e. The molecule has 2 N–H and O–H groups in total. The molecule has 0 saturated carbocycles. The average molecular weight is 375 g/mol. The molecule has 0 bridgehead atoms. The van der Waals surface area contributed by atoms with Gasteiger partial charge < -0.3 is 15.4 Å². The zero-order chi connectivity index (χ0) is 19.9. The van der Waals surface area contributed by atoms with Crippen LogP contribution in [0.2, 0.25) is 0 Å². The van der Waals surface area contributed by atoms with Gasteiger partial charge in [0.25, 0.3) is 0 Å². The number of carbonyl (C=O) groups excluding carboxylic acids is 3. The van der Waals surface area contributed by atoms with E-state index in [0.717, 1.165) is 12.8 Å². The third-order valence-corrected chi connectivity index (χ3v) is 4.74. The Morgan fingerprint density at radius 2 is 1.89 bits per heavy atom. The lowest BCUT2D eigenvalue weighted by Gasteiger charge is -2.35. The maximum absolute atomic E-state index is 12.6. The summed E-state index contributed by atoms with van der Waals surface area (Å²) in [5.74, 6) is -0.596. The Hall–Kier alpha value is -2.41. The Kier molecular flexibility index (Phi) is 7.36. The van der Waals surface area contributed by atoms with Crippen LogP contribution < -0.4 is 10.6 Å². The van der Waals surface area contributed by atoms with E-state index in [4.69, 9.17) is 4.74 Å². The van der Waals surface area contributed by atoms with Gasteiger partial charge in [0.1, 0.15) is 5.54 Å². The molecule has 1 aromatic rings. The van der Waals surface area contributed by atoms with Crippen molar-refractivity contribution in [2.75, 3.05) is 30.3 Å². The summed E-state index contributed by atoms with van der Waals surface area (Å²) < 4.78 is 5.31. The van der Waals surface area contributed by atoms with Crippen LogP contribution in [0.5, 0.6) is 0 Å². The minimum atomic E-state index is -0.708. The standard InChI is InChI=1S/C20H29N3O4/c1-4-10-20(19(26)27-5-2)11-7-12-23(20)14-18(25)22-17-9-6-8-16(13-17)21-15(3)24/h6,8-9,13H,4-5,7,10-12,14H2,1-3H3,(H,21,24)(H,22,25). The van der Waals surface area contributed by atoms with Crippen LogP contribution in [0.25, 0.3) is 0 Å². The van der Waals surface area contributed by atoms with Crippen molar-refractivity contribution >= 4 is 29.2 Å². The first-order chi connectivity index (χ1) is 12.9. The molecule has 1 aliphatic heterocycles. The summed E-state index contributed by atoms with van der Waals surface area (Å²) in [4.78, 5) is 38.3. The Morgan fingerprint density at radius 1 is 1.19 bits per heavy atom. The van der Waals surface area contributed by atoms with E-state index in [9.17, 15) is 14.4 Å². The first kappa shape index (κ1) is 20.9. The van der Waals surface area contributed by atoms with E-state index < -0.39 is 5.54 Å². The number of nitrogens with zero attached hydrogens (tertiary/aromatic N) is 1. The minimum Gasteiger partial charge on any atom is -0.465 e. The number of hydrogen-bond acceptors (Lipinski definition) is 5. The van der Waals surface area contributed by atoms with Crippen LogP contribution in [0.3, 0.4) is 0 Å². The van der Waals surface area contributed by atoms with Crippen LogP contribution in [0.15, 0.2) is 24.3 Å². The van der Waals surface area contributed by atoms with E-state index in [1.54, 1.807) is 31.2 Å². The summed E-state index contributed by atoms with van der Waals surface area (Å²) in [6, 6.07) is 6.98. The van der Waals surface area contributed by atoms with Gasteiger partial charge in [-0.15, -0.1) is 0 Å². The van der Waals surface area contributed by atoms with Gasteiger partial charge in [0.15, 0.2) is 0 Å². The number of anilines is 2.